The van der Waals surface area contributed by atoms with Gasteiger partial charge in [-0.05, 0) is 54.1 Å². The standard InChI is InChI=1S/C22H15F2N5O/c23-15-6-8-16(9-7-15)29-21(27-19-4-2-1-3-17(19)22(29)30)14-5-10-20(18(24)11-14)28-13-25-12-26-28/h1-13,21,27H/t21-/m0/s1. The smallest absolute Gasteiger partial charge is 0.262 e. The van der Waals surface area contributed by atoms with E-state index in [1.165, 1.54) is 52.6 Å². The van der Waals surface area contributed by atoms with Crippen molar-refractivity contribution in [3.05, 3.63) is 102 Å². The van der Waals surface area contributed by atoms with Crippen molar-refractivity contribution in [3.63, 3.8) is 0 Å². The molecule has 1 N–H and O–H groups in total. The summed E-state index contributed by atoms with van der Waals surface area (Å²) in [5, 5.41) is 7.25. The molecule has 1 amide bonds. The molecule has 0 saturated heterocycles. The van der Waals surface area contributed by atoms with Crippen molar-refractivity contribution in [2.45, 2.75) is 6.17 Å². The van der Waals surface area contributed by atoms with Crippen LogP contribution < -0.4 is 10.2 Å². The van der Waals surface area contributed by atoms with Crippen LogP contribution in [0.25, 0.3) is 5.69 Å². The number of hydrogen-bond acceptors (Lipinski definition) is 4. The van der Waals surface area contributed by atoms with Crippen molar-refractivity contribution < 1.29 is 13.6 Å². The van der Waals surface area contributed by atoms with Crippen LogP contribution in [0.1, 0.15) is 22.1 Å². The van der Waals surface area contributed by atoms with Crippen LogP contribution in [0.4, 0.5) is 20.2 Å². The number of hydrogen-bond donors (Lipinski definition) is 1. The van der Waals surface area contributed by atoms with Crippen LogP contribution >= 0.6 is 0 Å². The van der Waals surface area contributed by atoms with E-state index >= 15 is 0 Å². The van der Waals surface area contributed by atoms with Crippen LogP contribution in [0.3, 0.4) is 0 Å². The summed E-state index contributed by atoms with van der Waals surface area (Å²) in [4.78, 5) is 18.6. The minimum atomic E-state index is -0.683. The molecule has 1 aromatic heterocycles. The van der Waals surface area contributed by atoms with E-state index < -0.39 is 17.8 Å². The minimum Gasteiger partial charge on any atom is -0.360 e. The first-order chi connectivity index (χ1) is 14.6. The zero-order valence-corrected chi connectivity index (χ0v) is 15.5. The molecule has 8 heteroatoms. The molecule has 0 unspecified atom stereocenters. The first-order valence-corrected chi connectivity index (χ1v) is 9.21. The van der Waals surface area contributed by atoms with E-state index in [4.69, 9.17) is 0 Å². The lowest BCUT2D eigenvalue weighted by atomic mass is 10.0. The maximum atomic E-state index is 14.9. The van der Waals surface area contributed by atoms with Gasteiger partial charge in [-0.3, -0.25) is 9.69 Å². The number of rotatable bonds is 3. The fourth-order valence-corrected chi connectivity index (χ4v) is 3.57. The van der Waals surface area contributed by atoms with E-state index in [0.717, 1.165) is 0 Å². The fourth-order valence-electron chi connectivity index (χ4n) is 3.57. The third-order valence-electron chi connectivity index (χ3n) is 4.98. The maximum absolute atomic E-state index is 14.9. The predicted octanol–water partition coefficient (Wildman–Crippen LogP) is 4.32. The molecule has 3 aromatic carbocycles. The molecule has 2 heterocycles. The van der Waals surface area contributed by atoms with E-state index in [1.807, 2.05) is 6.07 Å². The van der Waals surface area contributed by atoms with Crippen molar-refractivity contribution in [2.75, 3.05) is 10.2 Å². The summed E-state index contributed by atoms with van der Waals surface area (Å²) in [7, 11) is 0. The van der Waals surface area contributed by atoms with E-state index in [2.05, 4.69) is 15.4 Å². The summed E-state index contributed by atoms with van der Waals surface area (Å²) in [5.41, 5.74) is 2.40. The van der Waals surface area contributed by atoms with Gasteiger partial charge in [0.1, 0.15) is 36.1 Å². The molecule has 0 spiro atoms. The molecule has 0 radical (unpaired) electrons. The molecule has 1 aliphatic rings. The van der Waals surface area contributed by atoms with E-state index in [0.29, 0.717) is 22.5 Å². The van der Waals surface area contributed by atoms with Gasteiger partial charge in [0.05, 0.1) is 5.56 Å². The summed E-state index contributed by atoms with van der Waals surface area (Å²) < 4.78 is 29.7. The Balaban J connectivity index is 1.62. The Morgan fingerprint density at radius 1 is 0.967 bits per heavy atom. The lowest BCUT2D eigenvalue weighted by Gasteiger charge is -2.38. The highest BCUT2D eigenvalue weighted by Gasteiger charge is 2.34. The Bertz CT molecular complexity index is 1220. The Hall–Kier alpha value is -4.07. The van der Waals surface area contributed by atoms with E-state index in [-0.39, 0.29) is 11.6 Å². The lowest BCUT2D eigenvalue weighted by Crippen LogP contribution is -2.43. The van der Waals surface area contributed by atoms with Crippen LogP contribution in [-0.2, 0) is 0 Å². The number of para-hydroxylation sites is 1. The quantitative estimate of drug-likeness (QED) is 0.554. The third-order valence-corrected chi connectivity index (χ3v) is 4.98. The number of anilines is 2. The first-order valence-electron chi connectivity index (χ1n) is 9.21. The van der Waals surface area contributed by atoms with Gasteiger partial charge < -0.3 is 5.32 Å². The van der Waals surface area contributed by atoms with Gasteiger partial charge in [-0.2, -0.15) is 5.10 Å². The van der Waals surface area contributed by atoms with Gasteiger partial charge in [0.15, 0.2) is 0 Å². The second kappa shape index (κ2) is 7.07. The molecule has 30 heavy (non-hydrogen) atoms. The number of aromatic nitrogens is 3. The normalized spacial score (nSPS) is 15.6. The van der Waals surface area contributed by atoms with Crippen molar-refractivity contribution in [3.8, 4) is 5.69 Å². The molecule has 5 rings (SSSR count). The average molecular weight is 403 g/mol. The third kappa shape index (κ3) is 2.98. The zero-order chi connectivity index (χ0) is 20.7. The summed E-state index contributed by atoms with van der Waals surface area (Å²) in [6.45, 7) is 0. The molecule has 1 aliphatic heterocycles. The average Bonchev–Trinajstić information content (AvgIpc) is 3.29. The molecule has 4 aromatic rings. The van der Waals surface area contributed by atoms with Gasteiger partial charge in [0, 0.05) is 11.4 Å². The van der Waals surface area contributed by atoms with Crippen molar-refractivity contribution in [1.82, 2.24) is 14.8 Å². The fraction of sp³-hybridized carbons (Fsp3) is 0.0455. The van der Waals surface area contributed by atoms with Crippen LogP contribution in [0.15, 0.2) is 79.4 Å². The molecular formula is C22H15F2N5O. The number of carbonyl (C=O) groups is 1. The van der Waals surface area contributed by atoms with Crippen molar-refractivity contribution in [1.29, 1.82) is 0 Å². The molecule has 148 valence electrons. The molecule has 1 atom stereocenters. The van der Waals surface area contributed by atoms with Gasteiger partial charge in [-0.25, -0.2) is 18.4 Å². The van der Waals surface area contributed by atoms with Crippen molar-refractivity contribution >= 4 is 17.3 Å². The van der Waals surface area contributed by atoms with Crippen molar-refractivity contribution in [2.24, 2.45) is 0 Å². The summed E-state index contributed by atoms with van der Waals surface area (Å²) in [5.74, 6) is -1.18. The molecule has 0 saturated carbocycles. The Morgan fingerprint density at radius 3 is 2.50 bits per heavy atom. The summed E-state index contributed by atoms with van der Waals surface area (Å²) >= 11 is 0. The van der Waals surface area contributed by atoms with Crippen LogP contribution in [0.5, 0.6) is 0 Å². The topological polar surface area (TPSA) is 63.1 Å². The number of benzene rings is 3. The zero-order valence-electron chi connectivity index (χ0n) is 15.5. The largest absolute Gasteiger partial charge is 0.360 e. The number of halogens is 2. The highest BCUT2D eigenvalue weighted by molar-refractivity contribution is 6.12. The van der Waals surface area contributed by atoms with Crippen LogP contribution in [-0.4, -0.2) is 20.7 Å². The van der Waals surface area contributed by atoms with Crippen LogP contribution in [0.2, 0.25) is 0 Å². The Labute approximate surface area is 170 Å². The Morgan fingerprint density at radius 2 is 1.77 bits per heavy atom. The van der Waals surface area contributed by atoms with Gasteiger partial charge in [0.25, 0.3) is 5.91 Å². The minimum absolute atomic E-state index is 0.243. The van der Waals surface area contributed by atoms with Crippen LogP contribution in [0, 0.1) is 11.6 Å². The van der Waals surface area contributed by atoms with E-state index in [1.54, 1.807) is 30.3 Å². The van der Waals surface area contributed by atoms with Gasteiger partial charge in [-0.1, -0.05) is 18.2 Å². The number of nitrogens with one attached hydrogen (secondary N) is 1. The number of amides is 1. The maximum Gasteiger partial charge on any atom is 0.262 e. The Kier molecular flexibility index (Phi) is 4.24. The summed E-state index contributed by atoms with van der Waals surface area (Å²) in [6, 6.07) is 17.4. The second-order valence-corrected chi connectivity index (χ2v) is 6.79. The molecular weight excluding hydrogens is 388 g/mol. The monoisotopic (exact) mass is 403 g/mol. The molecule has 0 aliphatic carbocycles. The lowest BCUT2D eigenvalue weighted by molar-refractivity contribution is 0.0975. The second-order valence-electron chi connectivity index (χ2n) is 6.79. The number of nitrogens with zero attached hydrogens (tertiary/aromatic N) is 4. The SMILES string of the molecule is O=C1c2ccccc2N[C@H](c2ccc(-n3cncn3)c(F)c2)N1c1ccc(F)cc1. The first kappa shape index (κ1) is 18.0. The molecule has 0 fully saturated rings. The van der Waals surface area contributed by atoms with E-state index in [9.17, 15) is 13.6 Å². The van der Waals surface area contributed by atoms with Gasteiger partial charge in [-0.15, -0.1) is 0 Å². The number of carbonyl (C=O) groups excluding carboxylic acids is 1. The highest BCUT2D eigenvalue weighted by atomic mass is 19.1. The predicted molar refractivity (Wildman–Crippen MR) is 107 cm³/mol. The van der Waals surface area contributed by atoms with Gasteiger partial charge >= 0.3 is 0 Å². The van der Waals surface area contributed by atoms with Gasteiger partial charge in [0.2, 0.25) is 0 Å². The summed E-state index contributed by atoms with van der Waals surface area (Å²) in [6.07, 6.45) is 2.04. The number of fused-ring (bicyclic) bond motifs is 1. The highest BCUT2D eigenvalue weighted by Crippen LogP contribution is 2.37. The molecule has 6 nitrogen and oxygen atoms in total. The molecule has 0 bridgehead atoms.